The van der Waals surface area contributed by atoms with Crippen molar-refractivity contribution >= 4 is 11.3 Å². The van der Waals surface area contributed by atoms with E-state index in [1.165, 1.54) is 17.5 Å². The van der Waals surface area contributed by atoms with E-state index < -0.39 is 0 Å². The van der Waals surface area contributed by atoms with Crippen LogP contribution in [0.3, 0.4) is 0 Å². The molecule has 1 N–H and O–H groups in total. The number of hydrogen-bond donors (Lipinski definition) is 1. The Morgan fingerprint density at radius 3 is 2.79 bits per heavy atom. The molecule has 0 radical (unpaired) electrons. The normalized spacial score (nSPS) is 11.1. The Morgan fingerprint density at radius 1 is 1.37 bits per heavy atom. The van der Waals surface area contributed by atoms with Gasteiger partial charge in [-0.1, -0.05) is 0 Å². The fourth-order valence-corrected chi connectivity index (χ4v) is 1.88. The number of nitrogens with one attached hydrogen (secondary N) is 1. The van der Waals surface area contributed by atoms with Gasteiger partial charge in [0.05, 0.1) is 18.1 Å². The molecule has 0 saturated carbocycles. The molecule has 0 atom stereocenters. The zero-order chi connectivity index (χ0) is 13.6. The summed E-state index contributed by atoms with van der Waals surface area (Å²) in [7, 11) is 1.79. The maximum absolute atomic E-state index is 12.0. The first-order valence-corrected chi connectivity index (χ1v) is 5.67. The van der Waals surface area contributed by atoms with Gasteiger partial charge in [0.1, 0.15) is 11.2 Å². The summed E-state index contributed by atoms with van der Waals surface area (Å²) in [6.45, 7) is 1.41. The van der Waals surface area contributed by atoms with Gasteiger partial charge in [0, 0.05) is 31.8 Å². The Labute approximate surface area is 107 Å². The van der Waals surface area contributed by atoms with Crippen molar-refractivity contribution in [2.24, 2.45) is 7.05 Å². The maximum Gasteiger partial charge on any atom is 0.274 e. The van der Waals surface area contributed by atoms with Crippen LogP contribution in [0.2, 0.25) is 0 Å². The van der Waals surface area contributed by atoms with Crippen molar-refractivity contribution < 1.29 is 4.79 Å². The molecule has 3 aromatic heterocycles. The fraction of sp³-hybridized carbons (Fsp3) is 0.167. The van der Waals surface area contributed by atoms with Crippen LogP contribution in [0.1, 0.15) is 17.4 Å². The zero-order valence-electron chi connectivity index (χ0n) is 10.4. The SMILES string of the molecule is CC(=O)c1cc2c(=O)[nH]c(-c3cnn(C)c3)cn2n1. The summed E-state index contributed by atoms with van der Waals surface area (Å²) in [4.78, 5) is 26.0. The zero-order valence-corrected chi connectivity index (χ0v) is 10.4. The van der Waals surface area contributed by atoms with Gasteiger partial charge in [0.15, 0.2) is 5.78 Å². The van der Waals surface area contributed by atoms with Gasteiger partial charge < -0.3 is 4.98 Å². The van der Waals surface area contributed by atoms with Crippen LogP contribution < -0.4 is 5.56 Å². The van der Waals surface area contributed by atoms with Crippen LogP contribution in [-0.4, -0.2) is 30.2 Å². The molecule has 0 amide bonds. The highest BCUT2D eigenvalue weighted by atomic mass is 16.1. The molecule has 0 saturated heterocycles. The lowest BCUT2D eigenvalue weighted by Crippen LogP contribution is -2.10. The van der Waals surface area contributed by atoms with Crippen molar-refractivity contribution in [1.82, 2.24) is 24.4 Å². The Hall–Kier alpha value is -2.70. The molecule has 0 bridgehead atoms. The molecule has 0 spiro atoms. The molecular formula is C12H11N5O2. The topological polar surface area (TPSA) is 85.0 Å². The van der Waals surface area contributed by atoms with Crippen LogP contribution in [0.5, 0.6) is 0 Å². The lowest BCUT2D eigenvalue weighted by Gasteiger charge is -1.98. The standard InChI is InChI=1S/C12H11N5O2/c1-7(18)9-3-11-12(19)14-10(6-17(11)15-9)8-4-13-16(2)5-8/h3-6H,1-2H3,(H,14,19). The van der Waals surface area contributed by atoms with E-state index in [0.717, 1.165) is 5.56 Å². The van der Waals surface area contributed by atoms with Gasteiger partial charge >= 0.3 is 0 Å². The predicted octanol–water partition coefficient (Wildman–Crippen LogP) is 0.626. The summed E-state index contributed by atoms with van der Waals surface area (Å²) in [5.74, 6) is -0.175. The van der Waals surface area contributed by atoms with Gasteiger partial charge in [-0.05, 0) is 0 Å². The third-order valence-electron chi connectivity index (χ3n) is 2.84. The minimum atomic E-state index is -0.290. The van der Waals surface area contributed by atoms with Gasteiger partial charge in [-0.15, -0.1) is 0 Å². The van der Waals surface area contributed by atoms with Crippen molar-refractivity contribution in [3.05, 3.63) is 40.7 Å². The number of ketones is 1. The minimum Gasteiger partial charge on any atom is -0.319 e. The highest BCUT2D eigenvalue weighted by Gasteiger charge is 2.11. The van der Waals surface area contributed by atoms with Gasteiger partial charge in [-0.3, -0.25) is 14.3 Å². The monoisotopic (exact) mass is 257 g/mol. The number of H-pyrrole nitrogens is 1. The highest BCUT2D eigenvalue weighted by Crippen LogP contribution is 2.14. The summed E-state index contributed by atoms with van der Waals surface area (Å²) >= 11 is 0. The van der Waals surface area contributed by atoms with E-state index in [1.54, 1.807) is 30.3 Å². The second-order valence-corrected chi connectivity index (χ2v) is 4.32. The van der Waals surface area contributed by atoms with Crippen molar-refractivity contribution in [3.8, 4) is 11.3 Å². The number of nitrogens with zero attached hydrogens (tertiary/aromatic N) is 4. The molecule has 7 nitrogen and oxygen atoms in total. The summed E-state index contributed by atoms with van der Waals surface area (Å²) in [6, 6.07) is 1.48. The Bertz CT molecular complexity index is 839. The number of carbonyl (C=O) groups is 1. The molecular weight excluding hydrogens is 246 g/mol. The number of aromatic amines is 1. The van der Waals surface area contributed by atoms with Crippen molar-refractivity contribution in [2.75, 3.05) is 0 Å². The summed E-state index contributed by atoms with van der Waals surface area (Å²) in [5.41, 5.74) is 1.71. The highest BCUT2D eigenvalue weighted by molar-refractivity contribution is 5.93. The number of carbonyl (C=O) groups excluding carboxylic acids is 1. The van der Waals surface area contributed by atoms with Crippen LogP contribution >= 0.6 is 0 Å². The van der Waals surface area contributed by atoms with Crippen LogP contribution in [0, 0.1) is 0 Å². The van der Waals surface area contributed by atoms with Crippen LogP contribution in [-0.2, 0) is 7.05 Å². The van der Waals surface area contributed by atoms with E-state index >= 15 is 0 Å². The van der Waals surface area contributed by atoms with Crippen molar-refractivity contribution in [1.29, 1.82) is 0 Å². The average Bonchev–Trinajstić information content (AvgIpc) is 2.95. The molecule has 0 aliphatic carbocycles. The Morgan fingerprint density at radius 2 is 2.16 bits per heavy atom. The molecule has 96 valence electrons. The second-order valence-electron chi connectivity index (χ2n) is 4.32. The molecule has 3 heterocycles. The van der Waals surface area contributed by atoms with E-state index in [4.69, 9.17) is 0 Å². The number of hydrogen-bond acceptors (Lipinski definition) is 4. The first kappa shape index (κ1) is 11.4. The van der Waals surface area contributed by atoms with E-state index in [9.17, 15) is 9.59 Å². The number of Topliss-reactive ketones (excluding diaryl/α,β-unsaturated/α-hetero) is 1. The largest absolute Gasteiger partial charge is 0.319 e. The predicted molar refractivity (Wildman–Crippen MR) is 68.0 cm³/mol. The number of aryl methyl sites for hydroxylation is 1. The minimum absolute atomic E-state index is 0.175. The summed E-state index contributed by atoms with van der Waals surface area (Å²) in [5, 5.41) is 8.13. The molecule has 0 aromatic carbocycles. The molecule has 0 unspecified atom stereocenters. The molecule has 7 heteroatoms. The molecule has 0 fully saturated rings. The first-order valence-electron chi connectivity index (χ1n) is 5.67. The first-order chi connectivity index (χ1) is 9.04. The second kappa shape index (κ2) is 3.91. The van der Waals surface area contributed by atoms with Gasteiger partial charge in [-0.25, -0.2) is 4.52 Å². The van der Waals surface area contributed by atoms with Gasteiger partial charge in [0.25, 0.3) is 5.56 Å². The maximum atomic E-state index is 12.0. The smallest absolute Gasteiger partial charge is 0.274 e. The van der Waals surface area contributed by atoms with Gasteiger partial charge in [-0.2, -0.15) is 10.2 Å². The summed E-state index contributed by atoms with van der Waals surface area (Å²) in [6.07, 6.45) is 5.10. The third-order valence-corrected chi connectivity index (χ3v) is 2.84. The molecule has 3 rings (SSSR count). The quantitative estimate of drug-likeness (QED) is 0.682. The lowest BCUT2D eigenvalue weighted by atomic mass is 10.2. The number of rotatable bonds is 2. The number of aromatic nitrogens is 5. The average molecular weight is 257 g/mol. The van der Waals surface area contributed by atoms with E-state index in [-0.39, 0.29) is 17.0 Å². The van der Waals surface area contributed by atoms with E-state index in [0.29, 0.717) is 11.2 Å². The Balaban J connectivity index is 2.24. The van der Waals surface area contributed by atoms with Crippen LogP contribution in [0.4, 0.5) is 0 Å². The third kappa shape index (κ3) is 1.85. The lowest BCUT2D eigenvalue weighted by molar-refractivity contribution is 0.101. The van der Waals surface area contributed by atoms with Gasteiger partial charge in [0.2, 0.25) is 0 Å². The molecule has 3 aromatic rings. The molecule has 0 aliphatic heterocycles. The van der Waals surface area contributed by atoms with Crippen molar-refractivity contribution in [3.63, 3.8) is 0 Å². The number of fused-ring (bicyclic) bond motifs is 1. The molecule has 19 heavy (non-hydrogen) atoms. The van der Waals surface area contributed by atoms with E-state index in [2.05, 4.69) is 15.2 Å². The Kier molecular flexibility index (Phi) is 2.34. The van der Waals surface area contributed by atoms with Crippen molar-refractivity contribution in [2.45, 2.75) is 6.92 Å². The fourth-order valence-electron chi connectivity index (χ4n) is 1.88. The molecule has 0 aliphatic rings. The van der Waals surface area contributed by atoms with Crippen LogP contribution in [0.15, 0.2) is 29.5 Å². The van der Waals surface area contributed by atoms with Crippen LogP contribution in [0.25, 0.3) is 16.8 Å². The summed E-state index contributed by atoms with van der Waals surface area (Å²) < 4.78 is 3.06. The van der Waals surface area contributed by atoms with E-state index in [1.807, 2.05) is 0 Å².